The van der Waals surface area contributed by atoms with Gasteiger partial charge in [-0.3, -0.25) is 14.8 Å². The average molecular weight is 249 g/mol. The smallest absolute Gasteiger partial charge is 0.290 e. The van der Waals surface area contributed by atoms with Crippen molar-refractivity contribution in [2.24, 2.45) is 0 Å². The molecule has 0 fully saturated rings. The van der Waals surface area contributed by atoms with Crippen molar-refractivity contribution in [3.05, 3.63) is 44.1 Å². The molecule has 2 heterocycles. The van der Waals surface area contributed by atoms with E-state index in [1.807, 2.05) is 0 Å². The van der Waals surface area contributed by atoms with Crippen LogP contribution in [0.25, 0.3) is 22.2 Å². The number of hydrogen-bond acceptors (Lipinski definition) is 4. The number of H-pyrrole nitrogens is 2. The third kappa shape index (κ3) is 1.58. The van der Waals surface area contributed by atoms with Gasteiger partial charge in [-0.1, -0.05) is 11.6 Å². The van der Waals surface area contributed by atoms with Gasteiger partial charge in [0.25, 0.3) is 5.56 Å². The highest BCUT2D eigenvalue weighted by molar-refractivity contribution is 6.31. The standard InChI is InChI=1S/C10H5ClN4O2/c11-4-1-2-5-6(3-4)12-7-8(13-5)14-10(17)15-9(7)16/h1-3H,(H2,13,14,15,16,17). The van der Waals surface area contributed by atoms with E-state index in [1.54, 1.807) is 18.2 Å². The number of fused-ring (bicyclic) bond motifs is 2. The van der Waals surface area contributed by atoms with E-state index in [4.69, 9.17) is 11.6 Å². The van der Waals surface area contributed by atoms with Crippen LogP contribution in [0.4, 0.5) is 0 Å². The first-order chi connectivity index (χ1) is 8.13. The Morgan fingerprint density at radius 2 is 1.88 bits per heavy atom. The zero-order chi connectivity index (χ0) is 12.0. The summed E-state index contributed by atoms with van der Waals surface area (Å²) in [5.41, 5.74) is 0.127. The molecule has 3 rings (SSSR count). The lowest BCUT2D eigenvalue weighted by atomic mass is 10.3. The van der Waals surface area contributed by atoms with Crippen LogP contribution in [0.2, 0.25) is 5.02 Å². The van der Waals surface area contributed by atoms with Crippen LogP contribution >= 0.6 is 11.6 Å². The maximum Gasteiger partial charge on any atom is 0.327 e. The third-order valence-electron chi connectivity index (χ3n) is 2.30. The first kappa shape index (κ1) is 9.98. The summed E-state index contributed by atoms with van der Waals surface area (Å²) in [7, 11) is 0. The number of nitrogens with zero attached hydrogens (tertiary/aromatic N) is 2. The summed E-state index contributed by atoms with van der Waals surface area (Å²) >= 11 is 5.82. The largest absolute Gasteiger partial charge is 0.327 e. The zero-order valence-corrected chi connectivity index (χ0v) is 9.08. The van der Waals surface area contributed by atoms with Gasteiger partial charge in [-0.25, -0.2) is 14.8 Å². The molecule has 6 nitrogen and oxygen atoms in total. The van der Waals surface area contributed by atoms with Crippen LogP contribution in [-0.2, 0) is 0 Å². The summed E-state index contributed by atoms with van der Waals surface area (Å²) in [6.45, 7) is 0. The normalized spacial score (nSPS) is 11.1. The minimum absolute atomic E-state index is 0.0827. The molecule has 0 aliphatic rings. The van der Waals surface area contributed by atoms with Gasteiger partial charge < -0.3 is 0 Å². The van der Waals surface area contributed by atoms with E-state index in [-0.39, 0.29) is 11.2 Å². The molecule has 0 atom stereocenters. The highest BCUT2D eigenvalue weighted by Crippen LogP contribution is 2.16. The summed E-state index contributed by atoms with van der Waals surface area (Å²) in [5.74, 6) is 0. The Morgan fingerprint density at radius 3 is 2.71 bits per heavy atom. The molecule has 0 saturated heterocycles. The second-order valence-corrected chi connectivity index (χ2v) is 3.90. The average Bonchev–Trinajstić information content (AvgIpc) is 2.27. The molecule has 0 aliphatic heterocycles. The predicted molar refractivity (Wildman–Crippen MR) is 63.3 cm³/mol. The van der Waals surface area contributed by atoms with E-state index in [1.165, 1.54) is 0 Å². The summed E-state index contributed by atoms with van der Waals surface area (Å²) in [5, 5.41) is 0.506. The predicted octanol–water partition coefficient (Wildman–Crippen LogP) is 0.813. The van der Waals surface area contributed by atoms with Crippen molar-refractivity contribution in [1.82, 2.24) is 19.9 Å². The molecule has 3 aromatic rings. The number of aromatic amines is 2. The van der Waals surface area contributed by atoms with E-state index < -0.39 is 11.2 Å². The second-order valence-electron chi connectivity index (χ2n) is 3.46. The van der Waals surface area contributed by atoms with Gasteiger partial charge in [0.2, 0.25) is 0 Å². The van der Waals surface area contributed by atoms with Gasteiger partial charge in [0, 0.05) is 5.02 Å². The van der Waals surface area contributed by atoms with Crippen molar-refractivity contribution in [2.75, 3.05) is 0 Å². The molecule has 1 aromatic carbocycles. The lowest BCUT2D eigenvalue weighted by Gasteiger charge is -1.99. The lowest BCUT2D eigenvalue weighted by Crippen LogP contribution is -2.23. The minimum atomic E-state index is -0.606. The molecular weight excluding hydrogens is 244 g/mol. The van der Waals surface area contributed by atoms with Gasteiger partial charge in [-0.2, -0.15) is 0 Å². The lowest BCUT2D eigenvalue weighted by molar-refractivity contribution is 1.05. The van der Waals surface area contributed by atoms with E-state index >= 15 is 0 Å². The van der Waals surface area contributed by atoms with Crippen molar-refractivity contribution in [3.8, 4) is 0 Å². The molecule has 0 spiro atoms. The van der Waals surface area contributed by atoms with Gasteiger partial charge in [0.15, 0.2) is 11.2 Å². The second kappa shape index (κ2) is 3.39. The van der Waals surface area contributed by atoms with Crippen molar-refractivity contribution in [1.29, 1.82) is 0 Å². The SMILES string of the molecule is O=c1[nH]c(=O)c2nc3cc(Cl)ccc3nc2[nH]1. The first-order valence-corrected chi connectivity index (χ1v) is 5.11. The van der Waals surface area contributed by atoms with Crippen LogP contribution < -0.4 is 11.2 Å². The fraction of sp³-hybridized carbons (Fsp3) is 0. The first-order valence-electron chi connectivity index (χ1n) is 4.73. The Bertz CT molecular complexity index is 852. The highest BCUT2D eigenvalue weighted by Gasteiger charge is 2.06. The highest BCUT2D eigenvalue weighted by atomic mass is 35.5. The molecule has 0 saturated carbocycles. The van der Waals surface area contributed by atoms with Gasteiger partial charge in [-0.15, -0.1) is 0 Å². The molecule has 0 bridgehead atoms. The van der Waals surface area contributed by atoms with Crippen LogP contribution in [0.1, 0.15) is 0 Å². The van der Waals surface area contributed by atoms with Gasteiger partial charge in [0.1, 0.15) is 0 Å². The molecule has 0 amide bonds. The maximum atomic E-state index is 11.5. The molecule has 0 radical (unpaired) electrons. The number of benzene rings is 1. The van der Waals surface area contributed by atoms with E-state index in [2.05, 4.69) is 19.9 Å². The summed E-state index contributed by atoms with van der Waals surface area (Å²) in [6.07, 6.45) is 0. The number of nitrogens with one attached hydrogen (secondary N) is 2. The van der Waals surface area contributed by atoms with E-state index in [0.29, 0.717) is 16.1 Å². The summed E-state index contributed by atoms with van der Waals surface area (Å²) in [6, 6.07) is 4.94. The molecular formula is C10H5ClN4O2. The number of halogens is 1. The Balaban J connectivity index is 2.56. The van der Waals surface area contributed by atoms with Crippen LogP contribution in [0.5, 0.6) is 0 Å². The monoisotopic (exact) mass is 248 g/mol. The van der Waals surface area contributed by atoms with Gasteiger partial charge >= 0.3 is 5.69 Å². The molecule has 2 aromatic heterocycles. The summed E-state index contributed by atoms with van der Waals surface area (Å²) < 4.78 is 0. The molecule has 7 heteroatoms. The molecule has 84 valence electrons. The minimum Gasteiger partial charge on any atom is -0.290 e. The van der Waals surface area contributed by atoms with Gasteiger partial charge in [0.05, 0.1) is 11.0 Å². The quantitative estimate of drug-likeness (QED) is 0.576. The van der Waals surface area contributed by atoms with Crippen molar-refractivity contribution in [2.45, 2.75) is 0 Å². The number of hydrogen-bond donors (Lipinski definition) is 2. The van der Waals surface area contributed by atoms with Crippen molar-refractivity contribution < 1.29 is 0 Å². The maximum absolute atomic E-state index is 11.5. The summed E-state index contributed by atoms with van der Waals surface area (Å²) in [4.78, 5) is 35.4. The van der Waals surface area contributed by atoms with E-state index in [9.17, 15) is 9.59 Å². The Hall–Kier alpha value is -2.21. The van der Waals surface area contributed by atoms with E-state index in [0.717, 1.165) is 0 Å². The van der Waals surface area contributed by atoms with Crippen LogP contribution in [-0.4, -0.2) is 19.9 Å². The Morgan fingerprint density at radius 1 is 1.06 bits per heavy atom. The van der Waals surface area contributed by atoms with Crippen LogP contribution in [0.15, 0.2) is 27.8 Å². The Kier molecular flexibility index (Phi) is 1.99. The van der Waals surface area contributed by atoms with Crippen molar-refractivity contribution in [3.63, 3.8) is 0 Å². The fourth-order valence-corrected chi connectivity index (χ4v) is 1.74. The molecule has 17 heavy (non-hydrogen) atoms. The van der Waals surface area contributed by atoms with Crippen LogP contribution in [0, 0.1) is 0 Å². The van der Waals surface area contributed by atoms with Crippen LogP contribution in [0.3, 0.4) is 0 Å². The van der Waals surface area contributed by atoms with Crippen molar-refractivity contribution >= 4 is 33.8 Å². The number of aromatic nitrogens is 4. The molecule has 2 N–H and O–H groups in total. The number of rotatable bonds is 0. The fourth-order valence-electron chi connectivity index (χ4n) is 1.57. The van der Waals surface area contributed by atoms with Gasteiger partial charge in [-0.05, 0) is 18.2 Å². The molecule has 0 aliphatic carbocycles. The third-order valence-corrected chi connectivity index (χ3v) is 2.54. The molecule has 0 unspecified atom stereocenters. The zero-order valence-electron chi connectivity index (χ0n) is 8.32. The Labute approximate surface area is 98.3 Å². The topological polar surface area (TPSA) is 91.5 Å².